The van der Waals surface area contributed by atoms with E-state index < -0.39 is 0 Å². The minimum absolute atomic E-state index is 0.00477. The maximum Gasteiger partial charge on any atom is 0.258 e. The Bertz CT molecular complexity index is 608. The third-order valence-electron chi connectivity index (χ3n) is 6.71. The van der Waals surface area contributed by atoms with Crippen molar-refractivity contribution in [2.45, 2.75) is 75.7 Å². The van der Waals surface area contributed by atoms with E-state index in [9.17, 15) is 14.8 Å². The number of carbonyl (C=O) groups excluding carboxylic acids is 1. The Labute approximate surface area is 154 Å². The minimum Gasteiger partial charge on any atom is -0.393 e. The summed E-state index contributed by atoms with van der Waals surface area (Å²) in [5.41, 5.74) is 1.31. The van der Waals surface area contributed by atoms with Gasteiger partial charge in [0.2, 0.25) is 10.8 Å². The van der Waals surface area contributed by atoms with E-state index in [0.717, 1.165) is 51.5 Å². The monoisotopic (exact) mass is 364 g/mol. The van der Waals surface area contributed by atoms with Crippen molar-refractivity contribution < 1.29 is 19.7 Å². The van der Waals surface area contributed by atoms with Crippen molar-refractivity contribution in [3.8, 4) is 0 Å². The maximum atomic E-state index is 13.0. The summed E-state index contributed by atoms with van der Waals surface area (Å²) >= 11 is 0. The molecule has 2 saturated carbocycles. The molecule has 0 aromatic carbocycles. The smallest absolute Gasteiger partial charge is 0.258 e. The molecular weight excluding hydrogens is 334 g/mol. The molecule has 2 aliphatic carbocycles. The molecular formula is C19H30N3O4+. The SMILES string of the molecule is CO[N+](=O)C1CCC2NC3/C(=C/C4CCCC(O)C4)CCN3C(=O)C2C1. The highest BCUT2D eigenvalue weighted by Crippen LogP contribution is 2.38. The molecule has 6 atom stereocenters. The van der Waals surface area contributed by atoms with Crippen LogP contribution >= 0.6 is 0 Å². The zero-order valence-electron chi connectivity index (χ0n) is 15.5. The Hall–Kier alpha value is -1.47. The number of rotatable bonds is 3. The molecule has 2 N–H and O–H groups in total. The lowest BCUT2D eigenvalue weighted by Gasteiger charge is -2.43. The average Bonchev–Trinajstić information content (AvgIpc) is 3.04. The number of hydrogen-bond donors (Lipinski definition) is 2. The van der Waals surface area contributed by atoms with Crippen molar-refractivity contribution in [2.75, 3.05) is 13.7 Å². The molecule has 7 heteroatoms. The zero-order chi connectivity index (χ0) is 18.3. The third kappa shape index (κ3) is 3.27. The van der Waals surface area contributed by atoms with Crippen LogP contribution in [0.1, 0.15) is 51.4 Å². The van der Waals surface area contributed by atoms with Crippen LogP contribution < -0.4 is 5.32 Å². The second-order valence-corrected chi connectivity index (χ2v) is 8.32. The molecule has 2 aliphatic heterocycles. The Morgan fingerprint density at radius 1 is 1.27 bits per heavy atom. The van der Waals surface area contributed by atoms with Crippen molar-refractivity contribution in [3.63, 3.8) is 0 Å². The molecule has 4 fully saturated rings. The molecule has 6 unspecified atom stereocenters. The lowest BCUT2D eigenvalue weighted by atomic mass is 9.79. The Kier molecular flexibility index (Phi) is 5.01. The first-order valence-corrected chi connectivity index (χ1v) is 10.0. The fourth-order valence-electron chi connectivity index (χ4n) is 5.36. The van der Waals surface area contributed by atoms with Gasteiger partial charge in [-0.1, -0.05) is 12.5 Å². The summed E-state index contributed by atoms with van der Waals surface area (Å²) in [5, 5.41) is 13.6. The maximum absolute atomic E-state index is 13.0. The number of fused-ring (bicyclic) bond motifs is 2. The predicted octanol–water partition coefficient (Wildman–Crippen LogP) is 1.50. The van der Waals surface area contributed by atoms with Crippen LogP contribution in [-0.2, 0) is 9.63 Å². The number of amides is 1. The Morgan fingerprint density at radius 3 is 2.88 bits per heavy atom. The van der Waals surface area contributed by atoms with Crippen molar-refractivity contribution in [1.82, 2.24) is 10.2 Å². The Morgan fingerprint density at radius 2 is 2.12 bits per heavy atom. The topological polar surface area (TPSA) is 81.9 Å². The normalized spacial score (nSPS) is 41.7. The number of aliphatic hydroxyl groups excluding tert-OH is 1. The first kappa shape index (κ1) is 17.9. The van der Waals surface area contributed by atoms with Gasteiger partial charge in [0, 0.05) is 25.4 Å². The van der Waals surface area contributed by atoms with E-state index >= 15 is 0 Å². The van der Waals surface area contributed by atoms with Gasteiger partial charge in [0.15, 0.2) is 7.11 Å². The van der Waals surface area contributed by atoms with Crippen LogP contribution in [0.5, 0.6) is 0 Å². The number of nitrogens with one attached hydrogen (secondary N) is 1. The molecule has 0 aromatic rings. The fourth-order valence-corrected chi connectivity index (χ4v) is 5.36. The second kappa shape index (κ2) is 7.27. The van der Waals surface area contributed by atoms with Crippen LogP contribution in [0.15, 0.2) is 11.6 Å². The second-order valence-electron chi connectivity index (χ2n) is 8.32. The first-order chi connectivity index (χ1) is 12.6. The van der Waals surface area contributed by atoms with Gasteiger partial charge in [-0.3, -0.25) is 10.1 Å². The van der Waals surface area contributed by atoms with E-state index in [-0.39, 0.29) is 36.2 Å². The van der Waals surface area contributed by atoms with Crippen LogP contribution in [-0.4, -0.2) is 58.8 Å². The van der Waals surface area contributed by atoms with Gasteiger partial charge in [0.05, 0.1) is 16.9 Å². The molecule has 0 aromatic heterocycles. The van der Waals surface area contributed by atoms with Crippen molar-refractivity contribution in [1.29, 1.82) is 0 Å². The van der Waals surface area contributed by atoms with E-state index in [0.29, 0.717) is 17.3 Å². The van der Waals surface area contributed by atoms with Gasteiger partial charge in [-0.25, -0.2) is 4.84 Å². The summed E-state index contributed by atoms with van der Waals surface area (Å²) in [6.07, 6.45) is 9.15. The van der Waals surface area contributed by atoms with Gasteiger partial charge in [-0.2, -0.15) is 0 Å². The first-order valence-electron chi connectivity index (χ1n) is 10.0. The van der Waals surface area contributed by atoms with E-state index in [1.807, 2.05) is 4.90 Å². The molecule has 7 nitrogen and oxygen atoms in total. The highest BCUT2D eigenvalue weighted by atomic mass is 16.8. The fraction of sp³-hybridized carbons (Fsp3) is 0.842. The summed E-state index contributed by atoms with van der Waals surface area (Å²) in [7, 11) is 1.38. The Balaban J connectivity index is 1.46. The van der Waals surface area contributed by atoms with E-state index in [1.165, 1.54) is 12.7 Å². The van der Waals surface area contributed by atoms with Crippen molar-refractivity contribution in [3.05, 3.63) is 16.6 Å². The molecule has 26 heavy (non-hydrogen) atoms. The number of allylic oxidation sites excluding steroid dienone is 1. The third-order valence-corrected chi connectivity index (χ3v) is 6.71. The van der Waals surface area contributed by atoms with Crippen LogP contribution in [0.25, 0.3) is 0 Å². The van der Waals surface area contributed by atoms with Crippen LogP contribution in [0.3, 0.4) is 0 Å². The quantitative estimate of drug-likeness (QED) is 0.586. The molecule has 2 saturated heterocycles. The molecule has 2 heterocycles. The zero-order valence-corrected chi connectivity index (χ0v) is 15.5. The molecule has 1 amide bonds. The van der Waals surface area contributed by atoms with Gasteiger partial charge in [-0.05, 0) is 43.6 Å². The molecule has 0 spiro atoms. The van der Waals surface area contributed by atoms with Crippen LogP contribution in [0, 0.1) is 16.7 Å². The molecule has 4 rings (SSSR count). The van der Waals surface area contributed by atoms with Gasteiger partial charge < -0.3 is 10.0 Å². The number of carbonyl (C=O) groups is 1. The van der Waals surface area contributed by atoms with Gasteiger partial charge in [0.1, 0.15) is 6.17 Å². The predicted molar refractivity (Wildman–Crippen MR) is 94.9 cm³/mol. The van der Waals surface area contributed by atoms with Gasteiger partial charge in [0.25, 0.3) is 6.04 Å². The van der Waals surface area contributed by atoms with Crippen molar-refractivity contribution in [2.24, 2.45) is 11.8 Å². The molecule has 0 radical (unpaired) electrons. The summed E-state index contributed by atoms with van der Waals surface area (Å²) in [6.45, 7) is 0.747. The highest BCUT2D eigenvalue weighted by molar-refractivity contribution is 5.82. The lowest BCUT2D eigenvalue weighted by molar-refractivity contribution is -0.821. The molecule has 0 bridgehead atoms. The van der Waals surface area contributed by atoms with Crippen LogP contribution in [0.4, 0.5) is 0 Å². The van der Waals surface area contributed by atoms with E-state index in [1.54, 1.807) is 0 Å². The summed E-state index contributed by atoms with van der Waals surface area (Å²) in [4.78, 5) is 32.3. The molecule has 4 aliphatic rings. The lowest BCUT2D eigenvalue weighted by Crippen LogP contribution is -2.63. The van der Waals surface area contributed by atoms with Gasteiger partial charge in [-0.15, -0.1) is 0 Å². The molecule has 144 valence electrons. The highest BCUT2D eigenvalue weighted by Gasteiger charge is 2.50. The van der Waals surface area contributed by atoms with Gasteiger partial charge >= 0.3 is 0 Å². The number of aliphatic hydroxyl groups is 1. The number of hydrogen-bond acceptors (Lipinski definition) is 5. The summed E-state index contributed by atoms with van der Waals surface area (Å²) in [5.74, 6) is 0.474. The number of nitrogens with zero attached hydrogens (tertiary/aromatic N) is 2. The largest absolute Gasteiger partial charge is 0.393 e. The summed E-state index contributed by atoms with van der Waals surface area (Å²) < 4.78 is 0. The average molecular weight is 364 g/mol. The standard InChI is InChI=1S/C19H30N3O4/c1-26-22(25)14-5-6-17-16(11-14)19(24)21-8-7-13(18(21)20-17)9-12-3-2-4-15(23)10-12/h9,12,14-18,20,23H,2-8,10-11H2,1H3/q+1/b13-9+. The van der Waals surface area contributed by atoms with Crippen LogP contribution in [0.2, 0.25) is 0 Å². The summed E-state index contributed by atoms with van der Waals surface area (Å²) in [6, 6.07) is -0.0893. The van der Waals surface area contributed by atoms with E-state index in [2.05, 4.69) is 11.4 Å². The van der Waals surface area contributed by atoms with Crippen molar-refractivity contribution >= 4 is 5.91 Å². The minimum atomic E-state index is -0.232. The van der Waals surface area contributed by atoms with E-state index in [4.69, 9.17) is 4.84 Å².